The van der Waals surface area contributed by atoms with Gasteiger partial charge >= 0.3 is 0 Å². The van der Waals surface area contributed by atoms with Crippen molar-refractivity contribution < 1.29 is 4.42 Å². The fourth-order valence-electron chi connectivity index (χ4n) is 1.70. The van der Waals surface area contributed by atoms with Crippen molar-refractivity contribution in [2.24, 2.45) is 11.7 Å². The highest BCUT2D eigenvalue weighted by Gasteiger charge is 2.13. The zero-order valence-corrected chi connectivity index (χ0v) is 11.6. The van der Waals surface area contributed by atoms with E-state index >= 15 is 0 Å². The van der Waals surface area contributed by atoms with Gasteiger partial charge in [0.2, 0.25) is 0 Å². The second-order valence-corrected chi connectivity index (χ2v) is 4.27. The van der Waals surface area contributed by atoms with Crippen molar-refractivity contribution in [1.29, 1.82) is 0 Å². The van der Waals surface area contributed by atoms with E-state index in [2.05, 4.69) is 18.8 Å². The maximum Gasteiger partial charge on any atom is 0.152 e. The molecule has 0 fully saturated rings. The topological polar surface area (TPSA) is 52.0 Å². The normalized spacial score (nSPS) is 12.0. The Bertz CT molecular complexity index is 423. The summed E-state index contributed by atoms with van der Waals surface area (Å²) in [6.45, 7) is 4.31. The molecule has 2 aromatic rings. The molecular weight excluding hydrogens is 259 g/mol. The molecule has 2 heterocycles. The molecule has 0 saturated heterocycles. The van der Waals surface area contributed by atoms with Crippen molar-refractivity contribution in [3.05, 3.63) is 30.2 Å². The number of hydrogen-bond donors (Lipinski definition) is 1. The summed E-state index contributed by atoms with van der Waals surface area (Å²) < 4.78 is 5.64. The number of halogens is 2. The van der Waals surface area contributed by atoms with Crippen LogP contribution in [0.1, 0.15) is 32.1 Å². The van der Waals surface area contributed by atoms with Crippen molar-refractivity contribution >= 4 is 35.9 Å². The van der Waals surface area contributed by atoms with Crippen LogP contribution in [0.2, 0.25) is 0 Å². The lowest BCUT2D eigenvalue weighted by Gasteiger charge is -2.10. The molecule has 0 bridgehead atoms. The van der Waals surface area contributed by atoms with Gasteiger partial charge in [0.15, 0.2) is 5.58 Å². The predicted molar refractivity (Wildman–Crippen MR) is 74.9 cm³/mol. The fourth-order valence-corrected chi connectivity index (χ4v) is 1.70. The molecular formula is C12H18Cl2N2O. The Kier molecular flexibility index (Phi) is 6.53. The number of hydrogen-bond acceptors (Lipinski definition) is 3. The van der Waals surface area contributed by atoms with E-state index in [0.717, 1.165) is 23.3 Å². The van der Waals surface area contributed by atoms with Crippen molar-refractivity contribution in [2.75, 3.05) is 0 Å². The summed E-state index contributed by atoms with van der Waals surface area (Å²) in [5.41, 5.74) is 7.73. The maximum absolute atomic E-state index is 6.04. The van der Waals surface area contributed by atoms with E-state index in [1.807, 2.05) is 18.2 Å². The summed E-state index contributed by atoms with van der Waals surface area (Å²) in [5, 5.41) is 0. The van der Waals surface area contributed by atoms with Gasteiger partial charge < -0.3 is 10.2 Å². The highest BCUT2D eigenvalue weighted by molar-refractivity contribution is 5.85. The standard InChI is InChI=1S/C12H16N2O.2ClH/c1-8(2)6-9(13)12-7-10-11(15-12)4-3-5-14-10;;/h3-5,7-9H,6,13H2,1-2H3;2*1H. The van der Waals surface area contributed by atoms with Crippen LogP contribution in [-0.2, 0) is 0 Å². The number of furan rings is 1. The van der Waals surface area contributed by atoms with Crippen molar-refractivity contribution in [2.45, 2.75) is 26.3 Å². The van der Waals surface area contributed by atoms with Crippen molar-refractivity contribution in [3.63, 3.8) is 0 Å². The van der Waals surface area contributed by atoms with Gasteiger partial charge in [-0.05, 0) is 24.5 Å². The van der Waals surface area contributed by atoms with Crippen LogP contribution in [0.5, 0.6) is 0 Å². The third-order valence-electron chi connectivity index (χ3n) is 2.40. The van der Waals surface area contributed by atoms with Crippen LogP contribution in [0.4, 0.5) is 0 Å². The number of nitrogens with two attached hydrogens (primary N) is 1. The summed E-state index contributed by atoms with van der Waals surface area (Å²) >= 11 is 0. The molecule has 2 rings (SSSR count). The van der Waals surface area contributed by atoms with Crippen LogP contribution < -0.4 is 5.73 Å². The van der Waals surface area contributed by atoms with Gasteiger partial charge in [0.25, 0.3) is 0 Å². The van der Waals surface area contributed by atoms with E-state index in [1.165, 1.54) is 0 Å². The molecule has 17 heavy (non-hydrogen) atoms. The van der Waals surface area contributed by atoms with Gasteiger partial charge in [-0.2, -0.15) is 0 Å². The van der Waals surface area contributed by atoms with Crippen LogP contribution in [0.15, 0.2) is 28.8 Å². The Morgan fingerprint density at radius 2 is 2.06 bits per heavy atom. The lowest BCUT2D eigenvalue weighted by atomic mass is 10.0. The molecule has 5 heteroatoms. The zero-order chi connectivity index (χ0) is 10.8. The fraction of sp³-hybridized carbons (Fsp3) is 0.417. The summed E-state index contributed by atoms with van der Waals surface area (Å²) in [7, 11) is 0. The Morgan fingerprint density at radius 3 is 2.65 bits per heavy atom. The van der Waals surface area contributed by atoms with Crippen LogP contribution in [0.3, 0.4) is 0 Å². The van der Waals surface area contributed by atoms with Gasteiger partial charge in [-0.3, -0.25) is 4.98 Å². The quantitative estimate of drug-likeness (QED) is 0.930. The second-order valence-electron chi connectivity index (χ2n) is 4.27. The molecule has 0 aliphatic rings. The van der Waals surface area contributed by atoms with E-state index in [9.17, 15) is 0 Å². The molecule has 2 aromatic heterocycles. The van der Waals surface area contributed by atoms with Crippen LogP contribution in [0, 0.1) is 5.92 Å². The van der Waals surface area contributed by atoms with E-state index < -0.39 is 0 Å². The van der Waals surface area contributed by atoms with Gasteiger partial charge in [-0.1, -0.05) is 13.8 Å². The molecule has 2 N–H and O–H groups in total. The van der Waals surface area contributed by atoms with E-state index in [-0.39, 0.29) is 30.9 Å². The minimum Gasteiger partial charge on any atom is -0.458 e. The molecule has 0 radical (unpaired) electrons. The van der Waals surface area contributed by atoms with Gasteiger partial charge in [0.05, 0.1) is 6.04 Å². The average molecular weight is 277 g/mol. The molecule has 1 atom stereocenters. The van der Waals surface area contributed by atoms with Gasteiger partial charge in [-0.25, -0.2) is 0 Å². The van der Waals surface area contributed by atoms with E-state index in [4.69, 9.17) is 10.2 Å². The number of nitrogens with zero attached hydrogens (tertiary/aromatic N) is 1. The molecule has 0 amide bonds. The van der Waals surface area contributed by atoms with E-state index in [1.54, 1.807) is 6.20 Å². The summed E-state index contributed by atoms with van der Waals surface area (Å²) in [6.07, 6.45) is 2.69. The minimum atomic E-state index is -0.0285. The Balaban J connectivity index is 0.00000128. The zero-order valence-electron chi connectivity index (χ0n) is 9.92. The Morgan fingerprint density at radius 1 is 1.35 bits per heavy atom. The third kappa shape index (κ3) is 3.87. The second kappa shape index (κ2) is 6.84. The molecule has 0 saturated carbocycles. The Labute approximate surface area is 114 Å². The van der Waals surface area contributed by atoms with E-state index in [0.29, 0.717) is 5.92 Å². The van der Waals surface area contributed by atoms with Crippen LogP contribution in [0.25, 0.3) is 11.1 Å². The number of rotatable bonds is 3. The first-order valence-electron chi connectivity index (χ1n) is 5.27. The molecule has 0 aliphatic heterocycles. The summed E-state index contributed by atoms with van der Waals surface area (Å²) in [4.78, 5) is 4.21. The number of fused-ring (bicyclic) bond motifs is 1. The first-order valence-corrected chi connectivity index (χ1v) is 5.27. The predicted octanol–water partition coefficient (Wildman–Crippen LogP) is 3.72. The molecule has 96 valence electrons. The third-order valence-corrected chi connectivity index (χ3v) is 2.40. The number of aromatic nitrogens is 1. The molecule has 0 aliphatic carbocycles. The molecule has 1 unspecified atom stereocenters. The largest absolute Gasteiger partial charge is 0.458 e. The first kappa shape index (κ1) is 16.2. The smallest absolute Gasteiger partial charge is 0.152 e. The average Bonchev–Trinajstić information content (AvgIpc) is 2.59. The summed E-state index contributed by atoms with van der Waals surface area (Å²) in [6, 6.07) is 5.68. The summed E-state index contributed by atoms with van der Waals surface area (Å²) in [5.74, 6) is 1.40. The van der Waals surface area contributed by atoms with Crippen LogP contribution in [-0.4, -0.2) is 4.98 Å². The highest BCUT2D eigenvalue weighted by atomic mass is 35.5. The van der Waals surface area contributed by atoms with Gasteiger partial charge in [0.1, 0.15) is 11.3 Å². The molecule has 0 spiro atoms. The van der Waals surface area contributed by atoms with Gasteiger partial charge in [-0.15, -0.1) is 24.8 Å². The lowest BCUT2D eigenvalue weighted by molar-refractivity contribution is 0.431. The Hall–Kier alpha value is -0.770. The molecule has 3 nitrogen and oxygen atoms in total. The SMILES string of the molecule is CC(C)CC(N)c1cc2ncccc2o1.Cl.Cl. The monoisotopic (exact) mass is 276 g/mol. The maximum atomic E-state index is 6.04. The van der Waals surface area contributed by atoms with Crippen LogP contribution >= 0.6 is 24.8 Å². The highest BCUT2D eigenvalue weighted by Crippen LogP contribution is 2.24. The minimum absolute atomic E-state index is 0. The lowest BCUT2D eigenvalue weighted by Crippen LogP contribution is -2.11. The first-order chi connectivity index (χ1) is 7.16. The van der Waals surface area contributed by atoms with Crippen molar-refractivity contribution in [3.8, 4) is 0 Å². The molecule has 0 aromatic carbocycles. The number of pyridine rings is 1. The van der Waals surface area contributed by atoms with Crippen molar-refractivity contribution in [1.82, 2.24) is 4.98 Å². The van der Waals surface area contributed by atoms with Gasteiger partial charge in [0, 0.05) is 12.3 Å².